The summed E-state index contributed by atoms with van der Waals surface area (Å²) in [5, 5.41) is 9.76. The largest absolute Gasteiger partial charge is 0.507 e. The Bertz CT molecular complexity index is 805. The van der Waals surface area contributed by atoms with Crippen LogP contribution in [0.3, 0.4) is 0 Å². The van der Waals surface area contributed by atoms with E-state index in [9.17, 15) is 14.7 Å². The van der Waals surface area contributed by atoms with Crippen molar-refractivity contribution in [3.8, 4) is 5.75 Å². The predicted octanol–water partition coefficient (Wildman–Crippen LogP) is 3.36. The number of aryl methyl sites for hydroxylation is 1. The summed E-state index contributed by atoms with van der Waals surface area (Å²) in [7, 11) is 0. The normalized spacial score (nSPS) is 12.3. The molecule has 0 radical (unpaired) electrons. The Morgan fingerprint density at radius 3 is 2.62 bits per heavy atom. The van der Waals surface area contributed by atoms with Gasteiger partial charge in [0.2, 0.25) is 0 Å². The first-order chi connectivity index (χ1) is 11.4. The number of carbonyl (C=O) groups excluding carboxylic acids is 1. The van der Waals surface area contributed by atoms with Crippen molar-refractivity contribution in [2.24, 2.45) is 4.99 Å². The first-order valence-electron chi connectivity index (χ1n) is 7.59. The molecule has 0 amide bonds. The van der Waals surface area contributed by atoms with E-state index < -0.39 is 11.6 Å². The maximum atomic E-state index is 11.9. The van der Waals surface area contributed by atoms with Gasteiger partial charge in [-0.1, -0.05) is 6.92 Å². The van der Waals surface area contributed by atoms with Crippen molar-refractivity contribution in [2.45, 2.75) is 33.3 Å². The van der Waals surface area contributed by atoms with Crippen molar-refractivity contribution in [2.75, 3.05) is 0 Å². The van der Waals surface area contributed by atoms with E-state index in [-0.39, 0.29) is 17.4 Å². The minimum absolute atomic E-state index is 0.0270. The van der Waals surface area contributed by atoms with E-state index in [1.165, 1.54) is 12.3 Å². The summed E-state index contributed by atoms with van der Waals surface area (Å²) < 4.78 is 10.1. The Morgan fingerprint density at radius 2 is 2.04 bits per heavy atom. The van der Waals surface area contributed by atoms with E-state index in [1.807, 2.05) is 13.8 Å². The summed E-state index contributed by atoms with van der Waals surface area (Å²) in [5.41, 5.74) is 0.257. The van der Waals surface area contributed by atoms with Crippen LogP contribution in [-0.4, -0.2) is 23.4 Å². The molecule has 0 fully saturated rings. The molecule has 0 aliphatic heterocycles. The Kier molecular flexibility index (Phi) is 5.52. The lowest BCUT2D eigenvalue weighted by molar-refractivity contribution is 0.0334. The molecule has 6 heteroatoms. The third-order valence-corrected chi connectivity index (χ3v) is 3.42. The average molecular weight is 329 g/mol. The molecule has 24 heavy (non-hydrogen) atoms. The first-order valence-corrected chi connectivity index (χ1v) is 7.59. The second-order valence-corrected chi connectivity index (χ2v) is 5.37. The molecule has 0 saturated carbocycles. The summed E-state index contributed by atoms with van der Waals surface area (Å²) in [6, 6.07) is 7.77. The molecule has 1 N–H and O–H groups in total. The fourth-order valence-electron chi connectivity index (χ4n) is 1.88. The lowest BCUT2D eigenvalue weighted by Crippen LogP contribution is -2.13. The van der Waals surface area contributed by atoms with Gasteiger partial charge in [-0.3, -0.25) is 4.99 Å². The minimum Gasteiger partial charge on any atom is -0.507 e. The number of carbonyl (C=O) groups is 1. The molecule has 0 saturated heterocycles. The highest BCUT2D eigenvalue weighted by molar-refractivity contribution is 5.90. The van der Waals surface area contributed by atoms with Gasteiger partial charge in [0.05, 0.1) is 17.4 Å². The molecule has 0 aliphatic rings. The van der Waals surface area contributed by atoms with Gasteiger partial charge in [0, 0.05) is 12.3 Å². The third-order valence-electron chi connectivity index (χ3n) is 3.42. The number of hydrogen-bond acceptors (Lipinski definition) is 6. The fourth-order valence-corrected chi connectivity index (χ4v) is 1.88. The van der Waals surface area contributed by atoms with Gasteiger partial charge in [0.1, 0.15) is 17.1 Å². The lowest BCUT2D eigenvalue weighted by Gasteiger charge is -2.10. The number of aromatic hydroxyl groups is 1. The van der Waals surface area contributed by atoms with Gasteiger partial charge in [-0.2, -0.15) is 0 Å². The first kappa shape index (κ1) is 17.5. The zero-order chi connectivity index (χ0) is 17.7. The van der Waals surface area contributed by atoms with Gasteiger partial charge in [0.25, 0.3) is 0 Å². The van der Waals surface area contributed by atoms with E-state index in [4.69, 9.17) is 9.15 Å². The van der Waals surface area contributed by atoms with Gasteiger partial charge >= 0.3 is 11.6 Å². The molecule has 6 nitrogen and oxygen atoms in total. The van der Waals surface area contributed by atoms with Crippen LogP contribution in [0.4, 0.5) is 5.69 Å². The second kappa shape index (κ2) is 7.59. The van der Waals surface area contributed by atoms with Crippen LogP contribution < -0.4 is 5.63 Å². The third kappa shape index (κ3) is 4.32. The average Bonchev–Trinajstić information content (AvgIpc) is 2.54. The Balaban J connectivity index is 2.15. The van der Waals surface area contributed by atoms with E-state index in [0.717, 1.165) is 6.42 Å². The van der Waals surface area contributed by atoms with Gasteiger partial charge in [-0.15, -0.1) is 0 Å². The molecule has 126 valence electrons. The molecule has 0 aliphatic carbocycles. The smallest absolute Gasteiger partial charge is 0.348 e. The van der Waals surface area contributed by atoms with Crippen LogP contribution in [0.1, 0.15) is 41.9 Å². The second-order valence-electron chi connectivity index (χ2n) is 5.37. The molecule has 2 rings (SSSR count). The maximum Gasteiger partial charge on any atom is 0.348 e. The number of aliphatic imine (C=N–C) groups is 1. The van der Waals surface area contributed by atoms with E-state index >= 15 is 0 Å². The van der Waals surface area contributed by atoms with Crippen LogP contribution in [0.25, 0.3) is 0 Å². The van der Waals surface area contributed by atoms with E-state index in [1.54, 1.807) is 31.2 Å². The van der Waals surface area contributed by atoms with Crippen molar-refractivity contribution in [3.63, 3.8) is 0 Å². The molecule has 2 aromatic rings. The van der Waals surface area contributed by atoms with Crippen molar-refractivity contribution >= 4 is 17.9 Å². The molecular weight excluding hydrogens is 310 g/mol. The molecule has 0 spiro atoms. The van der Waals surface area contributed by atoms with Crippen molar-refractivity contribution in [1.29, 1.82) is 0 Å². The van der Waals surface area contributed by atoms with Gasteiger partial charge in [0.15, 0.2) is 0 Å². The van der Waals surface area contributed by atoms with Gasteiger partial charge in [-0.05, 0) is 44.5 Å². The molecule has 0 bridgehead atoms. The fraction of sp³-hybridized carbons (Fsp3) is 0.278. The Hall–Kier alpha value is -2.89. The molecule has 1 aromatic carbocycles. The summed E-state index contributed by atoms with van der Waals surface area (Å²) in [6.45, 7) is 5.34. The SMILES string of the molecule is CCC(C)OC(=O)c1ccc(N=Cc2c(O)cc(C)oc2=O)cc1. The number of ether oxygens (including phenoxy) is 1. The summed E-state index contributed by atoms with van der Waals surface area (Å²) in [6.07, 6.45) is 1.84. The van der Waals surface area contributed by atoms with Crippen LogP contribution in [0.2, 0.25) is 0 Å². The highest BCUT2D eigenvalue weighted by Gasteiger charge is 2.10. The van der Waals surface area contributed by atoms with Crippen molar-refractivity contribution in [3.05, 3.63) is 57.6 Å². The summed E-state index contributed by atoms with van der Waals surface area (Å²) in [5.74, 6) is -0.267. The predicted molar refractivity (Wildman–Crippen MR) is 90.2 cm³/mol. The highest BCUT2D eigenvalue weighted by Crippen LogP contribution is 2.17. The minimum atomic E-state index is -0.662. The van der Waals surface area contributed by atoms with Gasteiger partial charge < -0.3 is 14.3 Å². The van der Waals surface area contributed by atoms with Crippen LogP contribution >= 0.6 is 0 Å². The van der Waals surface area contributed by atoms with Gasteiger partial charge in [-0.25, -0.2) is 9.59 Å². The van der Waals surface area contributed by atoms with Crippen molar-refractivity contribution < 1.29 is 19.1 Å². The van der Waals surface area contributed by atoms with E-state index in [0.29, 0.717) is 17.0 Å². The number of hydrogen-bond donors (Lipinski definition) is 1. The number of esters is 1. The number of benzene rings is 1. The molecule has 1 heterocycles. The lowest BCUT2D eigenvalue weighted by atomic mass is 10.2. The summed E-state index contributed by atoms with van der Waals surface area (Å²) in [4.78, 5) is 27.7. The topological polar surface area (TPSA) is 89.1 Å². The van der Waals surface area contributed by atoms with Crippen LogP contribution in [0, 0.1) is 6.92 Å². The Labute approximate surface area is 139 Å². The molecule has 1 atom stereocenters. The van der Waals surface area contributed by atoms with Crippen molar-refractivity contribution in [1.82, 2.24) is 0 Å². The molecule has 1 unspecified atom stereocenters. The zero-order valence-corrected chi connectivity index (χ0v) is 13.8. The van der Waals surface area contributed by atoms with E-state index in [2.05, 4.69) is 4.99 Å². The highest BCUT2D eigenvalue weighted by atomic mass is 16.5. The Morgan fingerprint density at radius 1 is 1.38 bits per heavy atom. The zero-order valence-electron chi connectivity index (χ0n) is 13.8. The van der Waals surface area contributed by atoms with Crippen LogP contribution in [0.5, 0.6) is 5.75 Å². The van der Waals surface area contributed by atoms with Crippen LogP contribution in [-0.2, 0) is 4.74 Å². The summed E-state index contributed by atoms with van der Waals surface area (Å²) >= 11 is 0. The van der Waals surface area contributed by atoms with Crippen LogP contribution in [0.15, 0.2) is 44.5 Å². The number of nitrogens with zero attached hydrogens (tertiary/aromatic N) is 1. The quantitative estimate of drug-likeness (QED) is 0.671. The molecule has 1 aromatic heterocycles. The monoisotopic (exact) mass is 329 g/mol. The maximum absolute atomic E-state index is 11.9. The number of rotatable bonds is 5. The molecular formula is C18H19NO5. The standard InChI is InChI=1S/C18H19NO5/c1-4-11(2)23-17(21)13-5-7-14(8-6-13)19-10-15-16(20)9-12(3)24-18(15)22/h5-11,20H,4H2,1-3H3.